The number of rotatable bonds is 8. The Morgan fingerprint density at radius 2 is 1.76 bits per heavy atom. The van der Waals surface area contributed by atoms with E-state index in [0.717, 1.165) is 18.4 Å². The van der Waals surface area contributed by atoms with Crippen LogP contribution in [0.1, 0.15) is 62.7 Å². The monoisotopic (exact) mass is 232 g/mol. The minimum absolute atomic E-state index is 0.217. The molecule has 0 heterocycles. The minimum Gasteiger partial charge on any atom is -0.294 e. The number of carbonyl (C=O) groups is 1. The van der Waals surface area contributed by atoms with Crippen molar-refractivity contribution in [1.82, 2.24) is 0 Å². The van der Waals surface area contributed by atoms with Crippen LogP contribution in [0.2, 0.25) is 0 Å². The van der Waals surface area contributed by atoms with Crippen molar-refractivity contribution in [1.29, 1.82) is 0 Å². The fourth-order valence-electron chi connectivity index (χ4n) is 2.18. The number of hydrogen-bond acceptors (Lipinski definition) is 1. The van der Waals surface area contributed by atoms with Crippen LogP contribution in [0.25, 0.3) is 0 Å². The van der Waals surface area contributed by atoms with Gasteiger partial charge in [0.15, 0.2) is 5.78 Å². The summed E-state index contributed by atoms with van der Waals surface area (Å²) in [6, 6.07) is 9.70. The van der Waals surface area contributed by atoms with Crippen molar-refractivity contribution in [2.24, 2.45) is 5.92 Å². The molecule has 0 bridgehead atoms. The molecule has 1 nitrogen and oxygen atoms in total. The van der Waals surface area contributed by atoms with Crippen LogP contribution in [0.4, 0.5) is 0 Å². The largest absolute Gasteiger partial charge is 0.294 e. The summed E-state index contributed by atoms with van der Waals surface area (Å²) in [5.74, 6) is 0.541. The summed E-state index contributed by atoms with van der Waals surface area (Å²) in [7, 11) is 0. The first-order valence-electron chi connectivity index (χ1n) is 6.88. The predicted octanol–water partition coefficient (Wildman–Crippen LogP) is 4.87. The third kappa shape index (κ3) is 4.72. The van der Waals surface area contributed by atoms with Crippen molar-refractivity contribution in [2.45, 2.75) is 52.4 Å². The summed E-state index contributed by atoms with van der Waals surface area (Å²) in [5, 5.41) is 0. The van der Waals surface area contributed by atoms with E-state index in [0.29, 0.717) is 5.78 Å². The van der Waals surface area contributed by atoms with Crippen LogP contribution < -0.4 is 0 Å². The van der Waals surface area contributed by atoms with Crippen molar-refractivity contribution in [3.63, 3.8) is 0 Å². The highest BCUT2D eigenvalue weighted by Crippen LogP contribution is 2.19. The summed E-state index contributed by atoms with van der Waals surface area (Å²) in [6.45, 7) is 4.33. The minimum atomic E-state index is 0.217. The van der Waals surface area contributed by atoms with Crippen molar-refractivity contribution >= 4 is 5.78 Å². The first kappa shape index (κ1) is 14.0. The molecule has 94 valence electrons. The number of carbonyl (C=O) groups excluding carboxylic acids is 1. The molecule has 17 heavy (non-hydrogen) atoms. The van der Waals surface area contributed by atoms with Gasteiger partial charge in [-0.05, 0) is 12.8 Å². The van der Waals surface area contributed by atoms with Gasteiger partial charge >= 0.3 is 0 Å². The van der Waals surface area contributed by atoms with E-state index in [1.54, 1.807) is 0 Å². The number of unbranched alkanes of at least 4 members (excludes halogenated alkanes) is 3. The Balaban J connectivity index is 2.47. The molecule has 1 aromatic carbocycles. The van der Waals surface area contributed by atoms with E-state index < -0.39 is 0 Å². The molecule has 0 amide bonds. The standard InChI is InChI=1S/C16H24O/c1-3-5-6-8-11-14(4-2)16(17)15-12-9-7-10-13-15/h7,9-10,12-14H,3-6,8,11H2,1-2H3. The van der Waals surface area contributed by atoms with E-state index in [2.05, 4.69) is 13.8 Å². The van der Waals surface area contributed by atoms with E-state index in [9.17, 15) is 4.79 Å². The van der Waals surface area contributed by atoms with Crippen LogP contribution in [0, 0.1) is 5.92 Å². The van der Waals surface area contributed by atoms with E-state index in [4.69, 9.17) is 0 Å². The summed E-state index contributed by atoms with van der Waals surface area (Å²) in [5.41, 5.74) is 0.870. The van der Waals surface area contributed by atoms with Crippen molar-refractivity contribution in [3.05, 3.63) is 35.9 Å². The topological polar surface area (TPSA) is 17.1 Å². The average Bonchev–Trinajstić information content (AvgIpc) is 2.39. The third-order valence-corrected chi connectivity index (χ3v) is 3.33. The molecule has 0 fully saturated rings. The smallest absolute Gasteiger partial charge is 0.165 e. The van der Waals surface area contributed by atoms with Gasteiger partial charge in [0.2, 0.25) is 0 Å². The SMILES string of the molecule is CCCCCCC(CC)C(=O)c1ccccc1. The molecule has 0 aliphatic carbocycles. The second kappa shape index (κ2) is 8.05. The molecule has 0 saturated carbocycles. The molecular formula is C16H24O. The zero-order valence-electron chi connectivity index (χ0n) is 11.1. The van der Waals surface area contributed by atoms with Crippen molar-refractivity contribution in [2.75, 3.05) is 0 Å². The van der Waals surface area contributed by atoms with E-state index >= 15 is 0 Å². The lowest BCUT2D eigenvalue weighted by atomic mass is 9.90. The molecule has 0 aliphatic heterocycles. The number of benzene rings is 1. The van der Waals surface area contributed by atoms with Crippen LogP contribution in [-0.2, 0) is 0 Å². The maximum absolute atomic E-state index is 12.2. The lowest BCUT2D eigenvalue weighted by molar-refractivity contribution is 0.0908. The van der Waals surface area contributed by atoms with Crippen LogP contribution in [0.3, 0.4) is 0 Å². The zero-order valence-corrected chi connectivity index (χ0v) is 11.1. The maximum Gasteiger partial charge on any atom is 0.165 e. The summed E-state index contributed by atoms with van der Waals surface area (Å²) in [6.07, 6.45) is 6.99. The second-order valence-corrected chi connectivity index (χ2v) is 4.68. The lowest BCUT2D eigenvalue weighted by Gasteiger charge is -2.13. The van der Waals surface area contributed by atoms with Gasteiger partial charge in [-0.2, -0.15) is 0 Å². The molecular weight excluding hydrogens is 208 g/mol. The van der Waals surface area contributed by atoms with Gasteiger partial charge in [0.05, 0.1) is 0 Å². The molecule has 1 unspecified atom stereocenters. The van der Waals surface area contributed by atoms with E-state index in [1.165, 1.54) is 25.7 Å². The summed E-state index contributed by atoms with van der Waals surface area (Å²) < 4.78 is 0. The van der Waals surface area contributed by atoms with E-state index in [-0.39, 0.29) is 5.92 Å². The first-order chi connectivity index (χ1) is 8.29. The van der Waals surface area contributed by atoms with E-state index in [1.807, 2.05) is 30.3 Å². The Labute approximate surface area is 105 Å². The number of ketones is 1. The number of Topliss-reactive ketones (excluding diaryl/α,β-unsaturated/α-hetero) is 1. The fourth-order valence-corrected chi connectivity index (χ4v) is 2.18. The van der Waals surface area contributed by atoms with Crippen LogP contribution in [0.5, 0.6) is 0 Å². The normalized spacial score (nSPS) is 12.4. The quantitative estimate of drug-likeness (QED) is 0.462. The van der Waals surface area contributed by atoms with Crippen LogP contribution in [0.15, 0.2) is 30.3 Å². The second-order valence-electron chi connectivity index (χ2n) is 4.68. The Bertz CT molecular complexity index is 316. The molecule has 1 rings (SSSR count). The van der Waals surface area contributed by atoms with Gasteiger partial charge in [0.25, 0.3) is 0 Å². The highest BCUT2D eigenvalue weighted by Gasteiger charge is 2.17. The first-order valence-corrected chi connectivity index (χ1v) is 6.88. The van der Waals surface area contributed by atoms with Crippen LogP contribution >= 0.6 is 0 Å². The highest BCUT2D eigenvalue weighted by molar-refractivity contribution is 5.97. The third-order valence-electron chi connectivity index (χ3n) is 3.33. The van der Waals surface area contributed by atoms with Gasteiger partial charge < -0.3 is 0 Å². The highest BCUT2D eigenvalue weighted by atomic mass is 16.1. The van der Waals surface area contributed by atoms with Gasteiger partial charge in [-0.3, -0.25) is 4.79 Å². The molecule has 1 heteroatoms. The summed E-state index contributed by atoms with van der Waals surface area (Å²) in [4.78, 5) is 12.2. The molecule has 0 N–H and O–H groups in total. The fraction of sp³-hybridized carbons (Fsp3) is 0.562. The summed E-state index contributed by atoms with van der Waals surface area (Å²) >= 11 is 0. The molecule has 0 aliphatic rings. The van der Waals surface area contributed by atoms with Gasteiger partial charge in [-0.25, -0.2) is 0 Å². The van der Waals surface area contributed by atoms with Crippen LogP contribution in [-0.4, -0.2) is 5.78 Å². The number of hydrogen-bond donors (Lipinski definition) is 0. The van der Waals surface area contributed by atoms with Gasteiger partial charge in [0.1, 0.15) is 0 Å². The average molecular weight is 232 g/mol. The predicted molar refractivity (Wildman–Crippen MR) is 73.3 cm³/mol. The lowest BCUT2D eigenvalue weighted by Crippen LogP contribution is -2.13. The molecule has 0 radical (unpaired) electrons. The Morgan fingerprint density at radius 3 is 2.35 bits per heavy atom. The van der Waals surface area contributed by atoms with Crippen molar-refractivity contribution in [3.8, 4) is 0 Å². The van der Waals surface area contributed by atoms with Crippen molar-refractivity contribution < 1.29 is 4.79 Å². The molecule has 1 aromatic rings. The maximum atomic E-state index is 12.2. The molecule has 0 saturated heterocycles. The van der Waals surface area contributed by atoms with Gasteiger partial charge in [0, 0.05) is 11.5 Å². The zero-order chi connectivity index (χ0) is 12.5. The molecule has 0 spiro atoms. The Morgan fingerprint density at radius 1 is 1.06 bits per heavy atom. The Kier molecular flexibility index (Phi) is 6.61. The van der Waals surface area contributed by atoms with Gasteiger partial charge in [-0.1, -0.05) is 69.9 Å². The molecule has 0 aromatic heterocycles. The van der Waals surface area contributed by atoms with Gasteiger partial charge in [-0.15, -0.1) is 0 Å². The molecule has 1 atom stereocenters. The Hall–Kier alpha value is -1.11.